The van der Waals surface area contributed by atoms with Crippen molar-refractivity contribution in [1.29, 1.82) is 0 Å². The molecular weight excluding hydrogens is 228 g/mol. The lowest BCUT2D eigenvalue weighted by Gasteiger charge is -2.15. The van der Waals surface area contributed by atoms with Crippen molar-refractivity contribution in [1.82, 2.24) is 0 Å². The fourth-order valence-corrected chi connectivity index (χ4v) is 1.87. The molecule has 0 aliphatic rings. The van der Waals surface area contributed by atoms with Crippen LogP contribution in [-0.4, -0.2) is 18.2 Å². The maximum absolute atomic E-state index is 11.0. The van der Waals surface area contributed by atoms with Gasteiger partial charge < -0.3 is 9.84 Å². The first-order valence-electron chi connectivity index (χ1n) is 5.10. The monoisotopic (exact) mass is 242 g/mol. The normalized spacial score (nSPS) is 12.2. The summed E-state index contributed by atoms with van der Waals surface area (Å²) in [7, 11) is 1.49. The molecule has 16 heavy (non-hydrogen) atoms. The smallest absolute Gasteiger partial charge is 0.310 e. The number of carbonyl (C=O) groups is 1. The molecule has 0 aliphatic carbocycles. The molecule has 0 spiro atoms. The van der Waals surface area contributed by atoms with E-state index in [4.69, 9.17) is 21.4 Å². The lowest BCUT2D eigenvalue weighted by atomic mass is 9.97. The second kappa shape index (κ2) is 5.21. The third-order valence-corrected chi connectivity index (χ3v) is 2.86. The van der Waals surface area contributed by atoms with Gasteiger partial charge in [-0.15, -0.1) is 0 Å². The molecule has 1 unspecified atom stereocenters. The van der Waals surface area contributed by atoms with Crippen molar-refractivity contribution in [2.24, 2.45) is 0 Å². The van der Waals surface area contributed by atoms with Crippen LogP contribution in [0, 0.1) is 0 Å². The molecule has 1 atom stereocenters. The van der Waals surface area contributed by atoms with Crippen LogP contribution in [0.4, 0.5) is 0 Å². The van der Waals surface area contributed by atoms with Crippen molar-refractivity contribution in [3.05, 3.63) is 28.3 Å². The summed E-state index contributed by atoms with van der Waals surface area (Å²) in [6.07, 6.45) is 0.809. The van der Waals surface area contributed by atoms with Crippen LogP contribution >= 0.6 is 11.6 Å². The fourth-order valence-electron chi connectivity index (χ4n) is 1.55. The van der Waals surface area contributed by atoms with Crippen LogP contribution in [0.5, 0.6) is 5.75 Å². The Balaban J connectivity index is 3.33. The average Bonchev–Trinajstić information content (AvgIpc) is 2.26. The van der Waals surface area contributed by atoms with Crippen molar-refractivity contribution in [2.45, 2.75) is 26.2 Å². The summed E-state index contributed by atoms with van der Waals surface area (Å²) in [6, 6.07) is 3.64. The summed E-state index contributed by atoms with van der Waals surface area (Å²) >= 11 is 6.04. The van der Waals surface area contributed by atoms with Gasteiger partial charge in [0.25, 0.3) is 0 Å². The minimum atomic E-state index is -0.886. The van der Waals surface area contributed by atoms with E-state index < -0.39 is 11.9 Å². The van der Waals surface area contributed by atoms with E-state index in [1.54, 1.807) is 13.0 Å². The highest BCUT2D eigenvalue weighted by molar-refractivity contribution is 6.32. The number of methoxy groups -OCH3 is 1. The molecular formula is C12H15ClO3. The molecule has 0 fully saturated rings. The number of ether oxygens (including phenoxy) is 1. The molecule has 0 radical (unpaired) electrons. The van der Waals surface area contributed by atoms with Gasteiger partial charge in [0.2, 0.25) is 0 Å². The summed E-state index contributed by atoms with van der Waals surface area (Å²) in [6.45, 7) is 3.61. The minimum Gasteiger partial charge on any atom is -0.495 e. The van der Waals surface area contributed by atoms with Crippen LogP contribution in [0.15, 0.2) is 12.1 Å². The number of carboxylic acids is 1. The van der Waals surface area contributed by atoms with Gasteiger partial charge in [-0.2, -0.15) is 0 Å². The zero-order valence-electron chi connectivity index (χ0n) is 9.58. The van der Waals surface area contributed by atoms with Gasteiger partial charge >= 0.3 is 5.97 Å². The highest BCUT2D eigenvalue weighted by atomic mass is 35.5. The van der Waals surface area contributed by atoms with Crippen molar-refractivity contribution in [3.8, 4) is 5.75 Å². The Hall–Kier alpha value is -1.22. The average molecular weight is 243 g/mol. The maximum atomic E-state index is 11.0. The topological polar surface area (TPSA) is 46.5 Å². The van der Waals surface area contributed by atoms with Crippen molar-refractivity contribution < 1.29 is 14.6 Å². The van der Waals surface area contributed by atoms with Crippen LogP contribution < -0.4 is 4.74 Å². The lowest BCUT2D eigenvalue weighted by molar-refractivity contribution is -0.138. The standard InChI is InChI=1S/C12H15ClO3/c1-4-8-5-9(7(2)12(14)15)11(16-3)10(13)6-8/h5-7H,4H2,1-3H3,(H,14,15). The Morgan fingerprint density at radius 1 is 1.56 bits per heavy atom. The van der Waals surface area contributed by atoms with Gasteiger partial charge in [-0.25, -0.2) is 0 Å². The molecule has 0 aromatic heterocycles. The molecule has 1 N–H and O–H groups in total. The summed E-state index contributed by atoms with van der Waals surface area (Å²) in [5, 5.41) is 9.47. The molecule has 0 saturated carbocycles. The number of halogens is 1. The predicted octanol–water partition coefficient (Wildman–Crippen LogP) is 3.10. The first kappa shape index (κ1) is 12.8. The van der Waals surface area contributed by atoms with Gasteiger partial charge in [0.05, 0.1) is 18.1 Å². The number of aliphatic carboxylic acids is 1. The molecule has 1 rings (SSSR count). The summed E-state index contributed by atoms with van der Waals surface area (Å²) in [5.41, 5.74) is 1.63. The molecule has 0 heterocycles. The number of aryl methyl sites for hydroxylation is 1. The molecule has 0 aliphatic heterocycles. The first-order valence-corrected chi connectivity index (χ1v) is 5.48. The van der Waals surface area contributed by atoms with Gasteiger partial charge in [-0.3, -0.25) is 4.79 Å². The van der Waals surface area contributed by atoms with Gasteiger partial charge in [0.15, 0.2) is 0 Å². The fraction of sp³-hybridized carbons (Fsp3) is 0.417. The zero-order valence-corrected chi connectivity index (χ0v) is 10.3. The molecule has 0 bridgehead atoms. The Morgan fingerprint density at radius 2 is 2.19 bits per heavy atom. The second-order valence-corrected chi connectivity index (χ2v) is 4.02. The molecule has 1 aromatic rings. The maximum Gasteiger partial charge on any atom is 0.310 e. The Labute approximate surface area is 100.0 Å². The molecule has 0 saturated heterocycles. The van der Waals surface area contributed by atoms with Crippen LogP contribution in [0.2, 0.25) is 5.02 Å². The van der Waals surface area contributed by atoms with Gasteiger partial charge in [-0.05, 0) is 25.0 Å². The molecule has 1 aromatic carbocycles. The minimum absolute atomic E-state index is 0.453. The van der Waals surface area contributed by atoms with Crippen LogP contribution in [0.3, 0.4) is 0 Å². The summed E-state index contributed by atoms with van der Waals surface area (Å²) in [5.74, 6) is -1.06. The third-order valence-electron chi connectivity index (χ3n) is 2.58. The molecule has 88 valence electrons. The Morgan fingerprint density at radius 3 is 2.62 bits per heavy atom. The SMILES string of the molecule is CCc1cc(Cl)c(OC)c(C(C)C(=O)O)c1. The zero-order chi connectivity index (χ0) is 12.3. The van der Waals surface area contributed by atoms with Crippen molar-refractivity contribution in [2.75, 3.05) is 7.11 Å². The number of rotatable bonds is 4. The van der Waals surface area contributed by atoms with Crippen LogP contribution in [-0.2, 0) is 11.2 Å². The largest absolute Gasteiger partial charge is 0.495 e. The predicted molar refractivity (Wildman–Crippen MR) is 63.4 cm³/mol. The highest BCUT2D eigenvalue weighted by Crippen LogP contribution is 2.35. The lowest BCUT2D eigenvalue weighted by Crippen LogP contribution is -2.09. The number of hydrogen-bond donors (Lipinski definition) is 1. The van der Waals surface area contributed by atoms with E-state index in [-0.39, 0.29) is 0 Å². The van der Waals surface area contributed by atoms with E-state index in [2.05, 4.69) is 0 Å². The van der Waals surface area contributed by atoms with Gasteiger partial charge in [-0.1, -0.05) is 24.6 Å². The highest BCUT2D eigenvalue weighted by Gasteiger charge is 2.20. The Bertz CT molecular complexity index is 401. The second-order valence-electron chi connectivity index (χ2n) is 3.61. The number of hydrogen-bond acceptors (Lipinski definition) is 2. The number of carboxylic acid groups (broad SMARTS) is 1. The third kappa shape index (κ3) is 2.47. The quantitative estimate of drug-likeness (QED) is 0.883. The van der Waals surface area contributed by atoms with Gasteiger partial charge in [0, 0.05) is 5.56 Å². The van der Waals surface area contributed by atoms with Crippen molar-refractivity contribution >= 4 is 17.6 Å². The molecule has 3 nitrogen and oxygen atoms in total. The van der Waals surface area contributed by atoms with E-state index in [1.807, 2.05) is 13.0 Å². The van der Waals surface area contributed by atoms with Crippen molar-refractivity contribution in [3.63, 3.8) is 0 Å². The molecule has 0 amide bonds. The van der Waals surface area contributed by atoms with Crippen LogP contribution in [0.1, 0.15) is 30.9 Å². The van der Waals surface area contributed by atoms with E-state index in [0.29, 0.717) is 16.3 Å². The van der Waals surface area contributed by atoms with Crippen LogP contribution in [0.25, 0.3) is 0 Å². The van der Waals surface area contributed by atoms with Gasteiger partial charge in [0.1, 0.15) is 5.75 Å². The first-order chi connectivity index (χ1) is 7.51. The van der Waals surface area contributed by atoms with E-state index in [0.717, 1.165) is 12.0 Å². The summed E-state index contributed by atoms with van der Waals surface area (Å²) in [4.78, 5) is 11.0. The summed E-state index contributed by atoms with van der Waals surface area (Å²) < 4.78 is 5.15. The van der Waals surface area contributed by atoms with E-state index in [1.165, 1.54) is 7.11 Å². The Kier molecular flexibility index (Phi) is 4.19. The van der Waals surface area contributed by atoms with E-state index in [9.17, 15) is 4.79 Å². The van der Waals surface area contributed by atoms with E-state index >= 15 is 0 Å². The molecule has 4 heteroatoms. The number of benzene rings is 1.